The molecular formula is C16H18N4O5S2. The van der Waals surface area contributed by atoms with Gasteiger partial charge in [-0.05, 0) is 23.8 Å². The minimum atomic E-state index is -0.450. The van der Waals surface area contributed by atoms with Gasteiger partial charge in [0.1, 0.15) is 0 Å². The number of hydrogen-bond acceptors (Lipinski definition) is 9. The summed E-state index contributed by atoms with van der Waals surface area (Å²) in [5, 5.41) is 10.6. The highest BCUT2D eigenvalue weighted by Gasteiger charge is 2.12. The molecule has 9 nitrogen and oxygen atoms in total. The lowest BCUT2D eigenvalue weighted by molar-refractivity contribution is -0.115. The molecule has 2 rings (SSSR count). The van der Waals surface area contributed by atoms with Crippen molar-refractivity contribution in [3.63, 3.8) is 0 Å². The van der Waals surface area contributed by atoms with Crippen LogP contribution in [0.15, 0.2) is 22.5 Å². The summed E-state index contributed by atoms with van der Waals surface area (Å²) in [5.41, 5.74) is 5.76. The molecule has 0 aliphatic carbocycles. The topological polar surface area (TPSA) is 126 Å². The number of nitrogens with zero attached hydrogens (tertiary/aromatic N) is 2. The molecule has 0 saturated heterocycles. The number of carbonyl (C=O) groups is 2. The first-order valence-corrected chi connectivity index (χ1v) is 9.30. The Kier molecular flexibility index (Phi) is 7.44. The lowest BCUT2D eigenvalue weighted by Crippen LogP contribution is -2.12. The van der Waals surface area contributed by atoms with Gasteiger partial charge in [0, 0.05) is 6.08 Å². The molecule has 0 unspecified atom stereocenters. The largest absolute Gasteiger partial charge is 0.493 e. The maximum atomic E-state index is 12.1. The van der Waals surface area contributed by atoms with Crippen LogP contribution >= 0.6 is 23.1 Å². The number of hydrogen-bond donors (Lipinski definition) is 2. The maximum absolute atomic E-state index is 12.1. The summed E-state index contributed by atoms with van der Waals surface area (Å²) in [6.45, 7) is 0. The van der Waals surface area contributed by atoms with Crippen LogP contribution in [-0.2, 0) is 9.59 Å². The highest BCUT2D eigenvalue weighted by Crippen LogP contribution is 2.38. The number of methoxy groups -OCH3 is 3. The minimum absolute atomic E-state index is 0.101. The van der Waals surface area contributed by atoms with Gasteiger partial charge in [0.15, 0.2) is 15.8 Å². The Hall–Kier alpha value is -2.79. The zero-order chi connectivity index (χ0) is 19.8. The number of rotatable bonds is 9. The van der Waals surface area contributed by atoms with E-state index in [0.29, 0.717) is 32.3 Å². The van der Waals surface area contributed by atoms with Crippen molar-refractivity contribution in [1.82, 2.24) is 10.2 Å². The Morgan fingerprint density at radius 2 is 1.85 bits per heavy atom. The van der Waals surface area contributed by atoms with E-state index in [-0.39, 0.29) is 11.7 Å². The summed E-state index contributed by atoms with van der Waals surface area (Å²) in [7, 11) is 4.54. The van der Waals surface area contributed by atoms with Crippen LogP contribution in [0.25, 0.3) is 6.08 Å². The molecule has 0 aliphatic rings. The monoisotopic (exact) mass is 410 g/mol. The molecule has 0 radical (unpaired) electrons. The fourth-order valence-corrected chi connectivity index (χ4v) is 3.46. The van der Waals surface area contributed by atoms with Gasteiger partial charge in [0.25, 0.3) is 0 Å². The van der Waals surface area contributed by atoms with E-state index in [9.17, 15) is 9.59 Å². The summed E-state index contributed by atoms with van der Waals surface area (Å²) < 4.78 is 16.3. The number of ether oxygens (including phenoxy) is 3. The zero-order valence-corrected chi connectivity index (χ0v) is 16.5. The molecule has 2 aromatic rings. The molecule has 1 heterocycles. The summed E-state index contributed by atoms with van der Waals surface area (Å²) >= 11 is 2.31. The normalized spacial score (nSPS) is 10.6. The number of thioether (sulfide) groups is 1. The van der Waals surface area contributed by atoms with E-state index < -0.39 is 5.91 Å². The number of benzene rings is 1. The molecule has 11 heteroatoms. The lowest BCUT2D eigenvalue weighted by atomic mass is 10.1. The van der Waals surface area contributed by atoms with Crippen molar-refractivity contribution >= 4 is 46.1 Å². The van der Waals surface area contributed by atoms with Crippen LogP contribution < -0.4 is 25.3 Å². The van der Waals surface area contributed by atoms with E-state index in [1.165, 1.54) is 27.4 Å². The van der Waals surface area contributed by atoms with Crippen molar-refractivity contribution in [2.45, 2.75) is 4.34 Å². The van der Waals surface area contributed by atoms with E-state index in [1.54, 1.807) is 18.2 Å². The van der Waals surface area contributed by atoms with Crippen molar-refractivity contribution in [2.24, 2.45) is 5.73 Å². The SMILES string of the molecule is COc1cc(/C=C/C(=O)Nc2nnc(SCC(N)=O)s2)cc(OC)c1OC. The van der Waals surface area contributed by atoms with Crippen molar-refractivity contribution in [3.05, 3.63) is 23.8 Å². The van der Waals surface area contributed by atoms with E-state index in [2.05, 4.69) is 15.5 Å². The van der Waals surface area contributed by atoms with Gasteiger partial charge in [0.2, 0.25) is 22.7 Å². The van der Waals surface area contributed by atoms with Crippen LogP contribution in [0.4, 0.5) is 5.13 Å². The van der Waals surface area contributed by atoms with Crippen molar-refractivity contribution in [3.8, 4) is 17.2 Å². The quantitative estimate of drug-likeness (QED) is 0.364. The molecule has 0 bridgehead atoms. The molecule has 0 spiro atoms. The van der Waals surface area contributed by atoms with Crippen molar-refractivity contribution < 1.29 is 23.8 Å². The molecule has 0 atom stereocenters. The Balaban J connectivity index is 2.05. The van der Waals surface area contributed by atoms with Crippen LogP contribution in [0.1, 0.15) is 5.56 Å². The highest BCUT2D eigenvalue weighted by atomic mass is 32.2. The molecule has 1 aromatic carbocycles. The number of carbonyl (C=O) groups excluding carboxylic acids is 2. The highest BCUT2D eigenvalue weighted by molar-refractivity contribution is 8.01. The number of amides is 2. The van der Waals surface area contributed by atoms with E-state index in [4.69, 9.17) is 19.9 Å². The average molecular weight is 410 g/mol. The Morgan fingerprint density at radius 3 is 2.41 bits per heavy atom. The Bertz CT molecular complexity index is 828. The first-order chi connectivity index (χ1) is 13.0. The van der Waals surface area contributed by atoms with Crippen molar-refractivity contribution in [1.29, 1.82) is 0 Å². The fourth-order valence-electron chi connectivity index (χ4n) is 1.97. The molecule has 0 saturated carbocycles. The van der Waals surface area contributed by atoms with Crippen LogP contribution in [-0.4, -0.2) is 49.1 Å². The number of nitrogens with two attached hydrogens (primary N) is 1. The minimum Gasteiger partial charge on any atom is -0.493 e. The molecular weight excluding hydrogens is 392 g/mol. The van der Waals surface area contributed by atoms with Crippen LogP contribution in [0.2, 0.25) is 0 Å². The van der Waals surface area contributed by atoms with E-state index >= 15 is 0 Å². The molecule has 2 amide bonds. The summed E-state index contributed by atoms with van der Waals surface area (Å²) in [4.78, 5) is 22.8. The number of aromatic nitrogens is 2. The van der Waals surface area contributed by atoms with E-state index in [0.717, 1.165) is 23.1 Å². The van der Waals surface area contributed by atoms with Crippen LogP contribution in [0.5, 0.6) is 17.2 Å². The van der Waals surface area contributed by atoms with Crippen LogP contribution in [0.3, 0.4) is 0 Å². The molecule has 27 heavy (non-hydrogen) atoms. The van der Waals surface area contributed by atoms with Gasteiger partial charge in [-0.1, -0.05) is 23.1 Å². The third-order valence-corrected chi connectivity index (χ3v) is 5.08. The van der Waals surface area contributed by atoms with Gasteiger partial charge >= 0.3 is 0 Å². The number of primary amides is 1. The lowest BCUT2D eigenvalue weighted by Gasteiger charge is -2.12. The fraction of sp³-hybridized carbons (Fsp3) is 0.250. The molecule has 0 aliphatic heterocycles. The number of anilines is 1. The van der Waals surface area contributed by atoms with Gasteiger partial charge < -0.3 is 19.9 Å². The third kappa shape index (κ3) is 5.86. The second-order valence-electron chi connectivity index (χ2n) is 4.91. The second-order valence-corrected chi connectivity index (χ2v) is 7.11. The van der Waals surface area contributed by atoms with Gasteiger partial charge in [-0.3, -0.25) is 14.9 Å². The Morgan fingerprint density at radius 1 is 1.19 bits per heavy atom. The molecule has 0 fully saturated rings. The molecule has 3 N–H and O–H groups in total. The average Bonchev–Trinajstić information content (AvgIpc) is 3.10. The van der Waals surface area contributed by atoms with Crippen molar-refractivity contribution in [2.75, 3.05) is 32.4 Å². The second kappa shape index (κ2) is 9.78. The standard InChI is InChI=1S/C16H18N4O5S2/c1-23-10-6-9(7-11(24-2)14(10)25-3)4-5-13(22)18-15-19-20-16(27-15)26-8-12(17)21/h4-7H,8H2,1-3H3,(H2,17,21)(H,18,19,22)/b5-4+. The smallest absolute Gasteiger partial charge is 0.250 e. The van der Waals surface area contributed by atoms with Gasteiger partial charge in [-0.25, -0.2) is 0 Å². The van der Waals surface area contributed by atoms with Gasteiger partial charge in [0.05, 0.1) is 27.1 Å². The maximum Gasteiger partial charge on any atom is 0.250 e. The summed E-state index contributed by atoms with van der Waals surface area (Å²) in [5.74, 6) is 0.704. The summed E-state index contributed by atoms with van der Waals surface area (Å²) in [6, 6.07) is 3.43. The molecule has 1 aromatic heterocycles. The van der Waals surface area contributed by atoms with E-state index in [1.807, 2.05) is 0 Å². The third-order valence-electron chi connectivity index (χ3n) is 3.09. The first-order valence-electron chi connectivity index (χ1n) is 7.50. The van der Waals surface area contributed by atoms with Gasteiger partial charge in [-0.2, -0.15) is 0 Å². The predicted molar refractivity (Wildman–Crippen MR) is 104 cm³/mol. The Labute approximate surface area is 163 Å². The first kappa shape index (κ1) is 20.5. The van der Waals surface area contributed by atoms with Crippen LogP contribution in [0, 0.1) is 0 Å². The van der Waals surface area contributed by atoms with Gasteiger partial charge in [-0.15, -0.1) is 10.2 Å². The zero-order valence-electron chi connectivity index (χ0n) is 14.8. The predicted octanol–water partition coefficient (Wildman–Crippen LogP) is 1.79. The summed E-state index contributed by atoms with van der Waals surface area (Å²) in [6.07, 6.45) is 2.95. The molecule has 144 valence electrons. The number of nitrogens with one attached hydrogen (secondary N) is 1.